The molecule has 156 valence electrons. The zero-order valence-electron chi connectivity index (χ0n) is 17.4. The van der Waals surface area contributed by atoms with E-state index in [1.54, 1.807) is 6.20 Å². The highest BCUT2D eigenvalue weighted by molar-refractivity contribution is 5.73. The lowest BCUT2D eigenvalue weighted by Gasteiger charge is -2.25. The van der Waals surface area contributed by atoms with E-state index in [1.807, 2.05) is 44.4 Å². The van der Waals surface area contributed by atoms with Gasteiger partial charge in [0.15, 0.2) is 0 Å². The minimum atomic E-state index is -0.170. The number of benzene rings is 1. The van der Waals surface area contributed by atoms with E-state index in [9.17, 15) is 4.79 Å². The molecule has 0 saturated heterocycles. The van der Waals surface area contributed by atoms with Gasteiger partial charge in [0, 0.05) is 31.4 Å². The molecule has 1 aromatic heterocycles. The number of likely N-dealkylation sites (N-methyl/N-ethyl adjacent to an activating group) is 1. The van der Waals surface area contributed by atoms with Crippen molar-refractivity contribution in [1.29, 1.82) is 0 Å². The van der Waals surface area contributed by atoms with E-state index in [1.165, 1.54) is 18.4 Å². The standard InChI is InChI=1S/C23H32N4O2/c1-27(2)20(14-18-8-4-3-5-9-18)17-26-23(28)25-16-19-12-13-22(24-15-19)29-21-10-6-7-11-21/h3-5,8-9,12-13,15,20-21H,6-7,10-11,14,16-17H2,1-2H3,(H2,25,26,28). The average Bonchev–Trinajstić information content (AvgIpc) is 3.24. The van der Waals surface area contributed by atoms with Crippen molar-refractivity contribution in [2.75, 3.05) is 20.6 Å². The summed E-state index contributed by atoms with van der Waals surface area (Å²) in [5.74, 6) is 0.667. The molecule has 1 aliphatic rings. The van der Waals surface area contributed by atoms with Crippen LogP contribution < -0.4 is 15.4 Å². The summed E-state index contributed by atoms with van der Waals surface area (Å²) in [6.45, 7) is 1.02. The fraction of sp³-hybridized carbons (Fsp3) is 0.478. The molecule has 1 heterocycles. The number of nitrogens with zero attached hydrogens (tertiary/aromatic N) is 2. The lowest BCUT2D eigenvalue weighted by molar-refractivity contribution is 0.201. The molecule has 2 N–H and O–H groups in total. The van der Waals surface area contributed by atoms with Gasteiger partial charge in [-0.25, -0.2) is 9.78 Å². The van der Waals surface area contributed by atoms with Gasteiger partial charge in [0.2, 0.25) is 5.88 Å². The van der Waals surface area contributed by atoms with Crippen LogP contribution in [0, 0.1) is 0 Å². The highest BCUT2D eigenvalue weighted by Gasteiger charge is 2.17. The van der Waals surface area contributed by atoms with Crippen molar-refractivity contribution in [3.8, 4) is 5.88 Å². The predicted octanol–water partition coefficient (Wildman–Crippen LogP) is 3.38. The molecule has 1 fully saturated rings. The first kappa shape index (κ1) is 21.1. The first-order valence-electron chi connectivity index (χ1n) is 10.4. The Labute approximate surface area is 173 Å². The van der Waals surface area contributed by atoms with Crippen molar-refractivity contribution in [1.82, 2.24) is 20.5 Å². The van der Waals surface area contributed by atoms with Gasteiger partial charge in [-0.1, -0.05) is 36.4 Å². The summed E-state index contributed by atoms with van der Waals surface area (Å²) in [4.78, 5) is 18.7. The number of hydrogen-bond acceptors (Lipinski definition) is 4. The van der Waals surface area contributed by atoms with E-state index in [4.69, 9.17) is 4.74 Å². The molecule has 1 unspecified atom stereocenters. The van der Waals surface area contributed by atoms with Crippen molar-refractivity contribution < 1.29 is 9.53 Å². The third-order valence-electron chi connectivity index (χ3n) is 5.38. The molecule has 1 aromatic carbocycles. The normalized spacial score (nSPS) is 15.3. The number of pyridine rings is 1. The van der Waals surface area contributed by atoms with Crippen LogP contribution in [0.15, 0.2) is 48.7 Å². The Morgan fingerprint density at radius 1 is 1.10 bits per heavy atom. The van der Waals surface area contributed by atoms with Gasteiger partial charge >= 0.3 is 6.03 Å². The molecule has 2 amide bonds. The molecule has 1 saturated carbocycles. The van der Waals surface area contributed by atoms with Crippen LogP contribution in [0.2, 0.25) is 0 Å². The molecule has 2 aromatic rings. The smallest absolute Gasteiger partial charge is 0.315 e. The predicted molar refractivity (Wildman–Crippen MR) is 115 cm³/mol. The number of carbonyl (C=O) groups is 1. The summed E-state index contributed by atoms with van der Waals surface area (Å²) in [6, 6.07) is 14.2. The van der Waals surface area contributed by atoms with E-state index < -0.39 is 0 Å². The molecule has 0 bridgehead atoms. The van der Waals surface area contributed by atoms with Gasteiger partial charge in [-0.05, 0) is 57.3 Å². The second-order valence-corrected chi connectivity index (χ2v) is 7.90. The van der Waals surface area contributed by atoms with Gasteiger partial charge in [-0.2, -0.15) is 0 Å². The van der Waals surface area contributed by atoms with E-state index in [0.717, 1.165) is 24.8 Å². The van der Waals surface area contributed by atoms with Gasteiger partial charge in [0.05, 0.1) is 0 Å². The number of urea groups is 1. The summed E-state index contributed by atoms with van der Waals surface area (Å²) in [5, 5.41) is 5.88. The Hall–Kier alpha value is -2.60. The number of ether oxygens (including phenoxy) is 1. The monoisotopic (exact) mass is 396 g/mol. The van der Waals surface area contributed by atoms with E-state index in [-0.39, 0.29) is 12.1 Å². The zero-order valence-corrected chi connectivity index (χ0v) is 17.4. The van der Waals surface area contributed by atoms with Gasteiger partial charge in [-0.3, -0.25) is 0 Å². The molecule has 6 nitrogen and oxygen atoms in total. The summed E-state index contributed by atoms with van der Waals surface area (Å²) in [7, 11) is 4.07. The Balaban J connectivity index is 1.40. The minimum absolute atomic E-state index is 0.170. The summed E-state index contributed by atoms with van der Waals surface area (Å²) in [6.07, 6.45) is 7.66. The molecule has 0 aliphatic heterocycles. The van der Waals surface area contributed by atoms with Crippen LogP contribution >= 0.6 is 0 Å². The molecular weight excluding hydrogens is 364 g/mol. The van der Waals surface area contributed by atoms with Crippen LogP contribution in [0.4, 0.5) is 4.79 Å². The Morgan fingerprint density at radius 3 is 2.52 bits per heavy atom. The summed E-state index contributed by atoms with van der Waals surface area (Å²) < 4.78 is 5.88. The summed E-state index contributed by atoms with van der Waals surface area (Å²) in [5.41, 5.74) is 2.21. The maximum Gasteiger partial charge on any atom is 0.315 e. The Morgan fingerprint density at radius 2 is 1.86 bits per heavy atom. The van der Waals surface area contributed by atoms with E-state index in [2.05, 4.69) is 32.7 Å². The van der Waals surface area contributed by atoms with E-state index in [0.29, 0.717) is 25.1 Å². The highest BCUT2D eigenvalue weighted by atomic mass is 16.5. The lowest BCUT2D eigenvalue weighted by Crippen LogP contribution is -2.44. The molecular formula is C23H32N4O2. The van der Waals surface area contributed by atoms with Gasteiger partial charge < -0.3 is 20.3 Å². The van der Waals surface area contributed by atoms with Crippen molar-refractivity contribution in [3.05, 3.63) is 59.8 Å². The van der Waals surface area contributed by atoms with Crippen LogP contribution in [0.1, 0.15) is 36.8 Å². The van der Waals surface area contributed by atoms with Crippen LogP contribution in [0.3, 0.4) is 0 Å². The van der Waals surface area contributed by atoms with Crippen LogP contribution in [-0.4, -0.2) is 48.7 Å². The van der Waals surface area contributed by atoms with Crippen molar-refractivity contribution in [2.45, 2.75) is 50.8 Å². The zero-order chi connectivity index (χ0) is 20.5. The van der Waals surface area contributed by atoms with E-state index >= 15 is 0 Å². The molecule has 0 spiro atoms. The largest absolute Gasteiger partial charge is 0.474 e. The van der Waals surface area contributed by atoms with Crippen LogP contribution in [0.5, 0.6) is 5.88 Å². The lowest BCUT2D eigenvalue weighted by atomic mass is 10.1. The number of rotatable bonds is 9. The highest BCUT2D eigenvalue weighted by Crippen LogP contribution is 2.22. The molecule has 6 heteroatoms. The second-order valence-electron chi connectivity index (χ2n) is 7.90. The van der Waals surface area contributed by atoms with Crippen LogP contribution in [-0.2, 0) is 13.0 Å². The Kier molecular flexibility index (Phi) is 7.87. The van der Waals surface area contributed by atoms with Gasteiger partial charge in [-0.15, -0.1) is 0 Å². The van der Waals surface area contributed by atoms with Gasteiger partial charge in [0.1, 0.15) is 6.10 Å². The summed E-state index contributed by atoms with van der Waals surface area (Å²) >= 11 is 0. The maximum absolute atomic E-state index is 12.2. The fourth-order valence-corrected chi connectivity index (χ4v) is 3.54. The minimum Gasteiger partial charge on any atom is -0.474 e. The van der Waals surface area contributed by atoms with Crippen molar-refractivity contribution in [2.24, 2.45) is 0 Å². The molecule has 0 radical (unpaired) electrons. The quantitative estimate of drug-likeness (QED) is 0.682. The third kappa shape index (κ3) is 7.06. The second kappa shape index (κ2) is 10.8. The number of carbonyl (C=O) groups excluding carboxylic acids is 1. The first-order valence-corrected chi connectivity index (χ1v) is 10.4. The first-order chi connectivity index (χ1) is 14.1. The molecule has 29 heavy (non-hydrogen) atoms. The number of hydrogen-bond donors (Lipinski definition) is 2. The molecule has 3 rings (SSSR count). The van der Waals surface area contributed by atoms with Crippen LogP contribution in [0.25, 0.3) is 0 Å². The average molecular weight is 397 g/mol. The molecule has 1 aliphatic carbocycles. The molecule has 1 atom stereocenters. The third-order valence-corrected chi connectivity index (χ3v) is 5.38. The fourth-order valence-electron chi connectivity index (χ4n) is 3.54. The van der Waals surface area contributed by atoms with Crippen molar-refractivity contribution in [3.63, 3.8) is 0 Å². The Bertz CT molecular complexity index is 743. The maximum atomic E-state index is 12.2. The SMILES string of the molecule is CN(C)C(CNC(=O)NCc1ccc(OC2CCCC2)nc1)Cc1ccccc1. The number of aromatic nitrogens is 1. The van der Waals surface area contributed by atoms with Gasteiger partial charge in [0.25, 0.3) is 0 Å². The number of nitrogens with one attached hydrogen (secondary N) is 2. The number of amides is 2. The topological polar surface area (TPSA) is 66.5 Å². The van der Waals surface area contributed by atoms with Crippen molar-refractivity contribution >= 4 is 6.03 Å².